The highest BCUT2D eigenvalue weighted by molar-refractivity contribution is 6.30. The average molecular weight is 1800 g/mol. The lowest BCUT2D eigenvalue weighted by Crippen LogP contribution is -2.30. The second-order valence-electron chi connectivity index (χ2n) is 24.4. The van der Waals surface area contributed by atoms with Gasteiger partial charge in [0, 0.05) is 46.8 Å². The van der Waals surface area contributed by atoms with Gasteiger partial charge in [-0.2, -0.15) is 0 Å². The quantitative estimate of drug-likeness (QED) is 0.00413. The molecule has 1 heterocycles. The van der Waals surface area contributed by atoms with Crippen LogP contribution in [-0.4, -0.2) is 176 Å². The molecular weight excluding hydrogens is 1720 g/mol. The Hall–Kier alpha value is -18.3. The number of nitro groups is 1. The predicted molar refractivity (Wildman–Crippen MR) is 471 cm³/mol. The zero-order chi connectivity index (χ0) is 97.2. The Bertz CT molecular complexity index is 5510. The van der Waals surface area contributed by atoms with Gasteiger partial charge in [0.2, 0.25) is 0 Å². The normalized spacial score (nSPS) is 9.32. The number of carboxylic acid groups (broad SMARTS) is 11. The number of nitro benzene ring substituents is 1. The summed E-state index contributed by atoms with van der Waals surface area (Å²) in [5.41, 5.74) is 4.14. The van der Waals surface area contributed by atoms with E-state index in [1.54, 1.807) is 109 Å². The minimum atomic E-state index is -1.09. The number of non-ortho nitro benzene ring substituents is 1. The number of benzene rings is 11. The van der Waals surface area contributed by atoms with E-state index in [1.165, 1.54) is 147 Å². The summed E-state index contributed by atoms with van der Waals surface area (Å²) < 4.78 is 26.9. The zero-order valence-electron chi connectivity index (χ0n) is 68.0. The molecule has 670 valence electrons. The van der Waals surface area contributed by atoms with Crippen molar-refractivity contribution in [2.75, 3.05) is 19.8 Å². The molecular formula is C94H79ClFN3O31. The van der Waals surface area contributed by atoms with Crippen LogP contribution in [-0.2, 0) is 9.53 Å². The summed E-state index contributed by atoms with van der Waals surface area (Å²) >= 11 is 5.52. The maximum absolute atomic E-state index is 12.2. The Balaban J connectivity index is 0.000000487. The third-order valence-corrected chi connectivity index (χ3v) is 15.5. The Morgan fingerprint density at radius 2 is 0.762 bits per heavy atom. The SMILES string of the molecule is C=CC(=O)OCCNC(=O)Oc1ccc(C(=O)O)cc1.C=CCOc1ccc(C(=O)O)cc1.C=Cc1ccc(C(=O)O)cc1.CC(=O)c1ccc(C(=O)O)cc1.O=C(O)c1ccc(Cl)cc1.O=C(O)c1ccc(F)cc1.O=C(O)c1ccc([N+](=O)[O-])cc1.O=C(O)c1ccc2ccccc2c1.O=C(O)c1ccccc1.O=C(O)c1cccnc1.O=Cc1ccc(C(=O)O)cc1. The van der Waals surface area contributed by atoms with Crippen molar-refractivity contribution in [2.45, 2.75) is 6.92 Å². The first kappa shape index (κ1) is 108. The highest BCUT2D eigenvalue weighted by atomic mass is 35.5. The maximum atomic E-state index is 12.2. The van der Waals surface area contributed by atoms with Crippen molar-refractivity contribution in [1.29, 1.82) is 0 Å². The van der Waals surface area contributed by atoms with Crippen molar-refractivity contribution >= 4 is 124 Å². The number of halogens is 2. The number of aldehydes is 1. The molecule has 0 saturated carbocycles. The van der Waals surface area contributed by atoms with Crippen molar-refractivity contribution in [3.05, 3.63) is 422 Å². The molecule has 0 aliphatic heterocycles. The van der Waals surface area contributed by atoms with Crippen LogP contribution < -0.4 is 14.8 Å². The van der Waals surface area contributed by atoms with Crippen molar-refractivity contribution in [1.82, 2.24) is 10.3 Å². The number of aromatic nitrogens is 1. The third kappa shape index (κ3) is 44.5. The Morgan fingerprint density at radius 3 is 1.12 bits per heavy atom. The molecule has 0 atom stereocenters. The van der Waals surface area contributed by atoms with Gasteiger partial charge in [-0.05, 0) is 205 Å². The number of carbonyl (C=O) groups is 15. The van der Waals surface area contributed by atoms with Crippen LogP contribution in [0.4, 0.5) is 14.9 Å². The molecule has 0 spiro atoms. The summed E-state index contributed by atoms with van der Waals surface area (Å²) in [7, 11) is 0. The molecule has 0 aliphatic rings. The van der Waals surface area contributed by atoms with E-state index >= 15 is 0 Å². The molecule has 130 heavy (non-hydrogen) atoms. The maximum Gasteiger partial charge on any atom is 0.412 e. The lowest BCUT2D eigenvalue weighted by atomic mass is 10.1. The van der Waals surface area contributed by atoms with Gasteiger partial charge >= 0.3 is 77.7 Å². The van der Waals surface area contributed by atoms with Gasteiger partial charge in [0.15, 0.2) is 5.78 Å². The number of pyridine rings is 1. The largest absolute Gasteiger partial charge is 0.490 e. The molecule has 36 heteroatoms. The fourth-order valence-corrected chi connectivity index (χ4v) is 8.76. The van der Waals surface area contributed by atoms with Gasteiger partial charge in [-0.15, -0.1) is 0 Å². The predicted octanol–water partition coefficient (Wildman–Crippen LogP) is 17.5. The number of rotatable bonds is 23. The van der Waals surface area contributed by atoms with E-state index in [0.717, 1.165) is 46.7 Å². The highest BCUT2D eigenvalue weighted by Gasteiger charge is 2.12. The van der Waals surface area contributed by atoms with Crippen molar-refractivity contribution in [2.24, 2.45) is 0 Å². The van der Waals surface area contributed by atoms with Crippen LogP contribution in [0.15, 0.2) is 323 Å². The molecule has 1 amide bonds. The number of nitrogens with one attached hydrogen (secondary N) is 1. The number of nitrogens with zero attached hydrogens (tertiary/aromatic N) is 2. The van der Waals surface area contributed by atoms with E-state index in [2.05, 4.69) is 34.8 Å². The lowest BCUT2D eigenvalue weighted by molar-refractivity contribution is -0.384. The molecule has 0 fully saturated rings. The van der Waals surface area contributed by atoms with Gasteiger partial charge in [0.25, 0.3) is 5.69 Å². The molecule has 0 saturated heterocycles. The standard InChI is InChI=1S/C13H13NO6.C11H8O2.C10H10O3.C9H8O3.C9H8O2.C8H6O3.C7H5ClO2.C7H5FO2.C7H5NO4.C7H6O2.C6H5NO2/c1-2-11(15)19-8-7-14-13(18)20-10-5-3-9(4-6-10)12(16)17;12-11(13)10-6-5-8-3-1-2-4-9(8)7-10;1-2-7-13-9-5-3-8(4-6-9)10(11)12;1-6(10)7-2-4-8(5-3-7)9(11)12;1-2-7-3-5-8(6-4-7)9(10)11;9-5-6-1-3-7(4-2-6)8(10)11;2*8-6-3-1-5(2-4-6)7(9)10;9-7(10)5-1-3-6(4-2-5)8(11)12;8-7(9)6-4-2-1-3-5-6;8-6(9)5-2-1-3-7-4-5/h2-6H,1,7-8H2,(H,14,18)(H,16,17);1-7H,(H,12,13);2-6H,1,7H2,(H,11,12);2-5H,1H3,(H,11,12);2-6H,1H2,(H,10,11);1-5H,(H,10,11);2*1-4H,(H,9,10);1-4H,(H,9,10);1-5H,(H,8,9);1-4H,(H,8,9). The van der Waals surface area contributed by atoms with Gasteiger partial charge < -0.3 is 75.7 Å². The van der Waals surface area contributed by atoms with Gasteiger partial charge in [-0.3, -0.25) is 24.7 Å². The zero-order valence-corrected chi connectivity index (χ0v) is 68.8. The molecule has 12 N–H and O–H groups in total. The number of aromatic carboxylic acids is 11. The first-order valence-corrected chi connectivity index (χ1v) is 37.0. The van der Waals surface area contributed by atoms with E-state index in [1.807, 2.05) is 30.3 Å². The minimum absolute atomic E-state index is 0.00208. The smallest absolute Gasteiger partial charge is 0.412 e. The molecule has 0 unspecified atom stereocenters. The number of hydrogen-bond donors (Lipinski definition) is 12. The van der Waals surface area contributed by atoms with E-state index in [9.17, 15) is 86.4 Å². The van der Waals surface area contributed by atoms with Crippen LogP contribution in [0.25, 0.3) is 16.8 Å². The number of esters is 1. The van der Waals surface area contributed by atoms with E-state index in [0.29, 0.717) is 51.5 Å². The van der Waals surface area contributed by atoms with E-state index in [-0.39, 0.29) is 74.9 Å². The summed E-state index contributed by atoms with van der Waals surface area (Å²) in [6, 6.07) is 69.3. The Morgan fingerprint density at radius 1 is 0.415 bits per heavy atom. The molecule has 0 aliphatic carbocycles. The molecule has 12 aromatic rings. The number of fused-ring (bicyclic) bond motifs is 1. The minimum Gasteiger partial charge on any atom is -0.490 e. The number of Topliss-reactive ketones (excluding diaryl/α,β-unsaturated/α-hetero) is 1. The summed E-state index contributed by atoms with van der Waals surface area (Å²) in [6.07, 6.45) is 7.10. The number of hydrogen-bond acceptors (Lipinski definition) is 21. The summed E-state index contributed by atoms with van der Waals surface area (Å²) in [6.45, 7) is 12.2. The molecule has 0 bridgehead atoms. The van der Waals surface area contributed by atoms with Crippen molar-refractivity contribution < 1.29 is 152 Å². The van der Waals surface area contributed by atoms with Gasteiger partial charge in [-0.25, -0.2) is 66.7 Å². The van der Waals surface area contributed by atoms with Crippen LogP contribution in [0, 0.1) is 15.9 Å². The van der Waals surface area contributed by atoms with Gasteiger partial charge in [-0.1, -0.05) is 128 Å². The van der Waals surface area contributed by atoms with E-state index < -0.39 is 88.5 Å². The van der Waals surface area contributed by atoms with Crippen LogP contribution in [0.5, 0.6) is 11.5 Å². The highest BCUT2D eigenvalue weighted by Crippen LogP contribution is 2.18. The third-order valence-electron chi connectivity index (χ3n) is 15.2. The van der Waals surface area contributed by atoms with Crippen molar-refractivity contribution in [3.63, 3.8) is 0 Å². The molecule has 34 nitrogen and oxygen atoms in total. The van der Waals surface area contributed by atoms with Crippen LogP contribution in [0.1, 0.15) is 147 Å². The van der Waals surface area contributed by atoms with Crippen LogP contribution in [0.2, 0.25) is 5.02 Å². The van der Waals surface area contributed by atoms with E-state index in [4.69, 9.17) is 77.2 Å². The number of ether oxygens (including phenoxy) is 3. The molecule has 11 aromatic carbocycles. The summed E-state index contributed by atoms with van der Waals surface area (Å²) in [5, 5.41) is 109. The summed E-state index contributed by atoms with van der Waals surface area (Å²) in [5.74, 6) is -10.9. The number of carbonyl (C=O) groups excluding carboxylic acids is 4. The second-order valence-corrected chi connectivity index (χ2v) is 24.8. The van der Waals surface area contributed by atoms with Crippen LogP contribution >= 0.6 is 11.6 Å². The topological polar surface area (TPSA) is 574 Å². The fourth-order valence-electron chi connectivity index (χ4n) is 8.64. The first-order valence-electron chi connectivity index (χ1n) is 36.6. The average Bonchev–Trinajstić information content (AvgIpc) is 0.833. The fraction of sp³-hybridized carbons (Fsp3) is 0.0426. The molecule has 12 rings (SSSR count). The number of ketones is 1. The van der Waals surface area contributed by atoms with Gasteiger partial charge in [0.1, 0.15) is 36.8 Å². The Kier molecular flexibility index (Phi) is 49.3. The first-order chi connectivity index (χ1) is 61.7. The molecule has 1 aromatic heterocycles. The van der Waals surface area contributed by atoms with Gasteiger partial charge in [0.05, 0.1) is 72.7 Å². The number of carboxylic acids is 11. The van der Waals surface area contributed by atoms with Crippen LogP contribution in [0.3, 0.4) is 0 Å². The lowest BCUT2D eigenvalue weighted by Gasteiger charge is -2.06. The van der Waals surface area contributed by atoms with Crippen molar-refractivity contribution in [3.8, 4) is 11.5 Å². The number of amides is 1. The molecule has 0 radical (unpaired) electrons. The summed E-state index contributed by atoms with van der Waals surface area (Å²) in [4.78, 5) is 170. The monoisotopic (exact) mass is 1800 g/mol. The second kappa shape index (κ2) is 59.5. The Labute approximate surface area is 742 Å².